The summed E-state index contributed by atoms with van der Waals surface area (Å²) >= 11 is 0. The molecule has 0 radical (unpaired) electrons. The number of rotatable bonds is 10. The molecule has 1 aromatic carbocycles. The maximum atomic E-state index is 11.7. The summed E-state index contributed by atoms with van der Waals surface area (Å²) in [5.41, 5.74) is 0.868. The average Bonchev–Trinajstić information content (AvgIpc) is 2.45. The van der Waals surface area contributed by atoms with Crippen LogP contribution in [0.3, 0.4) is 0 Å². The van der Waals surface area contributed by atoms with Gasteiger partial charge in [0.15, 0.2) is 0 Å². The van der Waals surface area contributed by atoms with E-state index in [1.54, 1.807) is 0 Å². The summed E-state index contributed by atoms with van der Waals surface area (Å²) < 4.78 is 10.3. The maximum Gasteiger partial charge on any atom is 0.329 e. The first-order valence-corrected chi connectivity index (χ1v) is 6.89. The van der Waals surface area contributed by atoms with Crippen LogP contribution in [0.4, 0.5) is 0 Å². The second-order valence-corrected chi connectivity index (χ2v) is 4.47. The first-order valence-electron chi connectivity index (χ1n) is 6.89. The molecule has 1 aromatic rings. The number of aliphatic carboxylic acids is 1. The van der Waals surface area contributed by atoms with E-state index in [0.29, 0.717) is 6.61 Å². The first-order chi connectivity index (χ1) is 10.1. The van der Waals surface area contributed by atoms with Crippen LogP contribution in [-0.2, 0) is 20.7 Å². The Bertz CT molecular complexity index is 461. The molecule has 0 aliphatic rings. The molecule has 0 spiro atoms. The lowest BCUT2D eigenvalue weighted by Crippen LogP contribution is -2.29. The van der Waals surface area contributed by atoms with Gasteiger partial charge in [0.25, 0.3) is 0 Å². The zero-order valence-corrected chi connectivity index (χ0v) is 12.1. The summed E-state index contributed by atoms with van der Waals surface area (Å²) in [5, 5.41) is 11.1. The normalized spacial score (nSPS) is 10.1. The number of carbonyl (C=O) groups is 2. The zero-order valence-electron chi connectivity index (χ0n) is 12.1. The molecule has 0 bridgehead atoms. The fourth-order valence-electron chi connectivity index (χ4n) is 1.64. The third-order valence-electron chi connectivity index (χ3n) is 2.53. The topological polar surface area (TPSA) is 84.9 Å². The van der Waals surface area contributed by atoms with Crippen molar-refractivity contribution in [2.45, 2.75) is 19.8 Å². The minimum Gasteiger partial charge on any atom is -0.494 e. The van der Waals surface area contributed by atoms with Gasteiger partial charge in [-0.25, -0.2) is 4.79 Å². The Hall–Kier alpha value is -2.08. The zero-order chi connectivity index (χ0) is 15.5. The fourth-order valence-corrected chi connectivity index (χ4v) is 1.64. The van der Waals surface area contributed by atoms with Gasteiger partial charge >= 0.3 is 5.97 Å². The minimum absolute atomic E-state index is 0.137. The quantitative estimate of drug-likeness (QED) is 0.634. The largest absolute Gasteiger partial charge is 0.494 e. The third kappa shape index (κ3) is 7.94. The smallest absolute Gasteiger partial charge is 0.329 e. The summed E-state index contributed by atoms with van der Waals surface area (Å²) in [4.78, 5) is 21.9. The minimum atomic E-state index is -1.02. The number of hydrogen-bond donors (Lipinski definition) is 2. The maximum absolute atomic E-state index is 11.7. The van der Waals surface area contributed by atoms with Crippen molar-refractivity contribution in [3.63, 3.8) is 0 Å². The number of carbonyl (C=O) groups excluding carboxylic acids is 1. The van der Waals surface area contributed by atoms with Crippen molar-refractivity contribution in [2.75, 3.05) is 26.4 Å². The number of benzene rings is 1. The van der Waals surface area contributed by atoms with E-state index in [1.807, 2.05) is 31.2 Å². The number of carboxylic acids is 1. The molecule has 0 saturated heterocycles. The highest BCUT2D eigenvalue weighted by molar-refractivity contribution is 5.78. The summed E-state index contributed by atoms with van der Waals surface area (Å²) in [7, 11) is 0. The SMILES string of the molecule is CCCOc1cccc(CC(=O)NCCOCC(=O)O)c1. The highest BCUT2D eigenvalue weighted by Gasteiger charge is 2.04. The Labute approximate surface area is 124 Å². The number of amides is 1. The van der Waals surface area contributed by atoms with E-state index in [4.69, 9.17) is 14.6 Å². The molecule has 0 atom stereocenters. The molecular weight excluding hydrogens is 274 g/mol. The van der Waals surface area contributed by atoms with Crippen LogP contribution < -0.4 is 10.1 Å². The lowest BCUT2D eigenvalue weighted by atomic mass is 10.1. The second-order valence-electron chi connectivity index (χ2n) is 4.47. The van der Waals surface area contributed by atoms with Crippen LogP contribution in [0.5, 0.6) is 5.75 Å². The van der Waals surface area contributed by atoms with Gasteiger partial charge in [-0.05, 0) is 24.1 Å². The highest BCUT2D eigenvalue weighted by Crippen LogP contribution is 2.13. The Balaban J connectivity index is 2.28. The molecule has 21 heavy (non-hydrogen) atoms. The van der Waals surface area contributed by atoms with Gasteiger partial charge in [-0.1, -0.05) is 19.1 Å². The fraction of sp³-hybridized carbons (Fsp3) is 0.467. The van der Waals surface area contributed by atoms with Gasteiger partial charge in [0.2, 0.25) is 5.91 Å². The summed E-state index contributed by atoms with van der Waals surface area (Å²) in [5.74, 6) is -0.404. The molecule has 0 unspecified atom stereocenters. The van der Waals surface area contributed by atoms with E-state index in [2.05, 4.69) is 5.32 Å². The van der Waals surface area contributed by atoms with E-state index >= 15 is 0 Å². The van der Waals surface area contributed by atoms with Crippen molar-refractivity contribution in [1.82, 2.24) is 5.32 Å². The van der Waals surface area contributed by atoms with Gasteiger partial charge in [0, 0.05) is 6.54 Å². The molecule has 0 aliphatic carbocycles. The number of nitrogens with one attached hydrogen (secondary N) is 1. The van der Waals surface area contributed by atoms with Crippen molar-refractivity contribution in [3.05, 3.63) is 29.8 Å². The Kier molecular flexibility index (Phi) is 7.89. The predicted octanol–water partition coefficient (Wildman–Crippen LogP) is 1.24. The van der Waals surface area contributed by atoms with Crippen LogP contribution in [0, 0.1) is 0 Å². The summed E-state index contributed by atoms with van der Waals surface area (Å²) in [6.07, 6.45) is 1.18. The number of hydrogen-bond acceptors (Lipinski definition) is 4. The molecular formula is C15H21NO5. The molecule has 6 nitrogen and oxygen atoms in total. The van der Waals surface area contributed by atoms with Crippen LogP contribution in [0.25, 0.3) is 0 Å². The van der Waals surface area contributed by atoms with Crippen molar-refractivity contribution in [2.24, 2.45) is 0 Å². The van der Waals surface area contributed by atoms with E-state index in [1.165, 1.54) is 0 Å². The first kappa shape index (κ1) is 17.0. The summed E-state index contributed by atoms with van der Waals surface area (Å²) in [6.45, 7) is 2.79. The van der Waals surface area contributed by atoms with Crippen LogP contribution in [-0.4, -0.2) is 43.3 Å². The highest BCUT2D eigenvalue weighted by atomic mass is 16.5. The van der Waals surface area contributed by atoms with E-state index in [-0.39, 0.29) is 32.1 Å². The van der Waals surface area contributed by atoms with Crippen molar-refractivity contribution >= 4 is 11.9 Å². The van der Waals surface area contributed by atoms with Gasteiger partial charge in [-0.3, -0.25) is 4.79 Å². The molecule has 0 fully saturated rings. The summed E-state index contributed by atoms with van der Waals surface area (Å²) in [6, 6.07) is 7.41. The molecule has 116 valence electrons. The van der Waals surface area contributed by atoms with Crippen molar-refractivity contribution in [1.29, 1.82) is 0 Å². The molecule has 0 aromatic heterocycles. The van der Waals surface area contributed by atoms with Gasteiger partial charge < -0.3 is 19.9 Å². The number of carboxylic acid groups (broad SMARTS) is 1. The molecule has 2 N–H and O–H groups in total. The standard InChI is InChI=1S/C15H21NO5/c1-2-7-21-13-5-3-4-12(9-13)10-14(17)16-6-8-20-11-15(18)19/h3-5,9H,2,6-8,10-11H2,1H3,(H,16,17)(H,18,19). The lowest BCUT2D eigenvalue weighted by molar-refractivity contribution is -0.142. The van der Waals surface area contributed by atoms with Gasteiger partial charge in [-0.2, -0.15) is 0 Å². The number of ether oxygens (including phenoxy) is 2. The molecule has 6 heteroatoms. The van der Waals surface area contributed by atoms with Gasteiger partial charge in [0.05, 0.1) is 19.6 Å². The monoisotopic (exact) mass is 295 g/mol. The van der Waals surface area contributed by atoms with Crippen molar-refractivity contribution in [3.8, 4) is 5.75 Å². The third-order valence-corrected chi connectivity index (χ3v) is 2.53. The van der Waals surface area contributed by atoms with Crippen LogP contribution >= 0.6 is 0 Å². The van der Waals surface area contributed by atoms with E-state index in [9.17, 15) is 9.59 Å². The Morgan fingerprint density at radius 2 is 2.10 bits per heavy atom. The average molecular weight is 295 g/mol. The van der Waals surface area contributed by atoms with Crippen LogP contribution in [0.15, 0.2) is 24.3 Å². The van der Waals surface area contributed by atoms with Crippen LogP contribution in [0.2, 0.25) is 0 Å². The molecule has 1 amide bonds. The Morgan fingerprint density at radius 1 is 1.29 bits per heavy atom. The second kappa shape index (κ2) is 9.77. The van der Waals surface area contributed by atoms with E-state index < -0.39 is 5.97 Å². The van der Waals surface area contributed by atoms with Crippen molar-refractivity contribution < 1.29 is 24.2 Å². The molecule has 0 saturated carbocycles. The molecule has 0 heterocycles. The molecule has 1 rings (SSSR count). The van der Waals surface area contributed by atoms with Gasteiger partial charge in [-0.15, -0.1) is 0 Å². The Morgan fingerprint density at radius 3 is 2.81 bits per heavy atom. The predicted molar refractivity (Wildman–Crippen MR) is 77.4 cm³/mol. The molecule has 0 aliphatic heterocycles. The lowest BCUT2D eigenvalue weighted by Gasteiger charge is -2.08. The van der Waals surface area contributed by atoms with Gasteiger partial charge in [0.1, 0.15) is 12.4 Å². The van der Waals surface area contributed by atoms with E-state index in [0.717, 1.165) is 17.7 Å². The van der Waals surface area contributed by atoms with Crippen LogP contribution in [0.1, 0.15) is 18.9 Å².